The predicted molar refractivity (Wildman–Crippen MR) is 82.8 cm³/mol. The van der Waals surface area contributed by atoms with Crippen molar-refractivity contribution in [2.75, 3.05) is 21.0 Å². The topological polar surface area (TPSA) is 59.0 Å². The Labute approximate surface area is 127 Å². The van der Waals surface area contributed by atoms with Crippen LogP contribution in [0.25, 0.3) is 6.08 Å². The van der Waals surface area contributed by atoms with Gasteiger partial charge in [-0.25, -0.2) is 0 Å². The molecule has 0 radical (unpaired) electrons. The molecule has 1 aromatic carbocycles. The van der Waals surface area contributed by atoms with Crippen LogP contribution in [0.1, 0.15) is 11.1 Å². The maximum absolute atomic E-state index is 12.3. The zero-order chi connectivity index (χ0) is 15.4. The number of carbonyl (C=O) groups is 1. The van der Waals surface area contributed by atoms with E-state index in [0.717, 1.165) is 5.56 Å². The smallest absolute Gasteiger partial charge is 0.266 e. The summed E-state index contributed by atoms with van der Waals surface area (Å²) in [5, 5.41) is 11.7. The number of aryl methyl sites for hydroxylation is 1. The van der Waals surface area contributed by atoms with E-state index in [4.69, 9.17) is 9.47 Å². The number of amides is 1. The molecule has 1 aliphatic heterocycles. The fourth-order valence-electron chi connectivity index (χ4n) is 1.94. The molecule has 0 unspecified atom stereocenters. The van der Waals surface area contributed by atoms with Gasteiger partial charge < -0.3 is 14.6 Å². The van der Waals surface area contributed by atoms with Crippen LogP contribution in [0.4, 0.5) is 0 Å². The summed E-state index contributed by atoms with van der Waals surface area (Å²) in [6.45, 7) is 2.00. The standard InChI is InChI=1S/C15H17NO4S/c1-10-6-11(7-12(20-3)14(10)17)8-13-15(18)16(9-19-2)4-5-21-13/h4-8,17H,9H2,1-3H3. The third-order valence-corrected chi connectivity index (χ3v) is 3.79. The number of nitrogens with zero attached hydrogens (tertiary/aromatic N) is 1. The van der Waals surface area contributed by atoms with E-state index in [1.54, 1.807) is 38.4 Å². The SMILES string of the molecule is COCN1C=CSC(=Cc2cc(C)c(O)c(OC)c2)C1=O. The molecule has 0 saturated carbocycles. The zero-order valence-corrected chi connectivity index (χ0v) is 12.9. The Hall–Kier alpha value is -1.92. The molecular weight excluding hydrogens is 290 g/mol. The fraction of sp³-hybridized carbons (Fsp3) is 0.267. The van der Waals surface area contributed by atoms with Crippen LogP contribution >= 0.6 is 11.8 Å². The summed E-state index contributed by atoms with van der Waals surface area (Å²) in [6.07, 6.45) is 3.46. The number of thioether (sulfide) groups is 1. The van der Waals surface area contributed by atoms with Crippen molar-refractivity contribution in [3.8, 4) is 11.5 Å². The lowest BCUT2D eigenvalue weighted by Crippen LogP contribution is -2.29. The van der Waals surface area contributed by atoms with Crippen LogP contribution in [0, 0.1) is 6.92 Å². The Morgan fingerprint density at radius 2 is 2.14 bits per heavy atom. The van der Waals surface area contributed by atoms with Crippen molar-refractivity contribution < 1.29 is 19.4 Å². The molecule has 1 amide bonds. The van der Waals surface area contributed by atoms with Gasteiger partial charge in [-0.3, -0.25) is 9.69 Å². The van der Waals surface area contributed by atoms with Crippen molar-refractivity contribution in [1.82, 2.24) is 4.90 Å². The van der Waals surface area contributed by atoms with Gasteiger partial charge in [-0.1, -0.05) is 11.8 Å². The second-order valence-corrected chi connectivity index (χ2v) is 5.44. The lowest BCUT2D eigenvalue weighted by molar-refractivity contribution is -0.127. The van der Waals surface area contributed by atoms with Gasteiger partial charge in [0.25, 0.3) is 5.91 Å². The van der Waals surface area contributed by atoms with Crippen molar-refractivity contribution in [3.63, 3.8) is 0 Å². The molecule has 2 rings (SSSR count). The number of benzene rings is 1. The number of phenols is 1. The monoisotopic (exact) mass is 307 g/mol. The minimum absolute atomic E-state index is 0.114. The van der Waals surface area contributed by atoms with Crippen molar-refractivity contribution >= 4 is 23.7 Å². The maximum atomic E-state index is 12.3. The lowest BCUT2D eigenvalue weighted by Gasteiger charge is -2.21. The third kappa shape index (κ3) is 3.40. The molecule has 5 nitrogen and oxygen atoms in total. The number of rotatable bonds is 4. The number of hydrogen-bond donors (Lipinski definition) is 1. The second-order valence-electron chi connectivity index (χ2n) is 4.49. The Morgan fingerprint density at radius 3 is 2.81 bits per heavy atom. The number of methoxy groups -OCH3 is 2. The Morgan fingerprint density at radius 1 is 1.38 bits per heavy atom. The van der Waals surface area contributed by atoms with Crippen LogP contribution in [0.5, 0.6) is 11.5 Å². The molecule has 1 aromatic rings. The van der Waals surface area contributed by atoms with Gasteiger partial charge in [0.1, 0.15) is 6.73 Å². The number of phenolic OH excluding ortho intramolecular Hbond substituents is 1. The first-order chi connectivity index (χ1) is 10.1. The molecular formula is C15H17NO4S. The average Bonchev–Trinajstić information content (AvgIpc) is 2.47. The summed E-state index contributed by atoms with van der Waals surface area (Å²) in [7, 11) is 3.04. The van der Waals surface area contributed by atoms with E-state index in [1.165, 1.54) is 23.8 Å². The van der Waals surface area contributed by atoms with Gasteiger partial charge in [-0.2, -0.15) is 0 Å². The van der Waals surface area contributed by atoms with Gasteiger partial charge in [0.2, 0.25) is 0 Å². The highest BCUT2D eigenvalue weighted by atomic mass is 32.2. The van der Waals surface area contributed by atoms with Crippen molar-refractivity contribution in [2.24, 2.45) is 0 Å². The molecule has 1 N–H and O–H groups in total. The normalized spacial score (nSPS) is 16.6. The van der Waals surface area contributed by atoms with E-state index < -0.39 is 0 Å². The van der Waals surface area contributed by atoms with E-state index in [-0.39, 0.29) is 18.4 Å². The molecule has 0 fully saturated rings. The summed E-state index contributed by atoms with van der Waals surface area (Å²) in [5.41, 5.74) is 1.49. The first-order valence-corrected chi connectivity index (χ1v) is 7.17. The molecule has 0 bridgehead atoms. The number of aromatic hydroxyl groups is 1. The van der Waals surface area contributed by atoms with Crippen molar-refractivity contribution in [3.05, 3.63) is 39.8 Å². The quantitative estimate of drug-likeness (QED) is 0.867. The largest absolute Gasteiger partial charge is 0.504 e. The fourth-order valence-corrected chi connectivity index (χ4v) is 2.71. The highest BCUT2D eigenvalue weighted by molar-refractivity contribution is 8.06. The van der Waals surface area contributed by atoms with Gasteiger partial charge in [0.15, 0.2) is 11.5 Å². The van der Waals surface area contributed by atoms with Gasteiger partial charge in [-0.05, 0) is 41.7 Å². The molecule has 0 aromatic heterocycles. The van der Waals surface area contributed by atoms with Gasteiger partial charge in [0.05, 0.1) is 12.0 Å². The molecule has 6 heteroatoms. The number of carbonyl (C=O) groups excluding carboxylic acids is 1. The summed E-state index contributed by atoms with van der Waals surface area (Å²) >= 11 is 1.35. The minimum atomic E-state index is -0.117. The molecule has 112 valence electrons. The molecule has 0 aliphatic carbocycles. The van der Waals surface area contributed by atoms with Crippen LogP contribution in [0.3, 0.4) is 0 Å². The van der Waals surface area contributed by atoms with Crippen LogP contribution in [0.2, 0.25) is 0 Å². The van der Waals surface area contributed by atoms with E-state index in [2.05, 4.69) is 0 Å². The maximum Gasteiger partial charge on any atom is 0.266 e. The summed E-state index contributed by atoms with van der Waals surface area (Å²) in [5.74, 6) is 0.386. The van der Waals surface area contributed by atoms with Crippen molar-refractivity contribution in [2.45, 2.75) is 6.92 Å². The van der Waals surface area contributed by atoms with Gasteiger partial charge in [-0.15, -0.1) is 0 Å². The molecule has 1 aliphatic rings. The Balaban J connectivity index is 2.33. The van der Waals surface area contributed by atoms with Crippen LogP contribution in [-0.4, -0.2) is 36.9 Å². The van der Waals surface area contributed by atoms with Gasteiger partial charge >= 0.3 is 0 Å². The summed E-state index contributed by atoms with van der Waals surface area (Å²) in [6, 6.07) is 3.50. The first kappa shape index (κ1) is 15.5. The predicted octanol–water partition coefficient (Wildman–Crippen LogP) is 2.70. The van der Waals surface area contributed by atoms with Crippen LogP contribution < -0.4 is 4.74 Å². The van der Waals surface area contributed by atoms with E-state index in [9.17, 15) is 9.90 Å². The van der Waals surface area contributed by atoms with Gasteiger partial charge in [0, 0.05) is 13.3 Å². The van der Waals surface area contributed by atoms with E-state index >= 15 is 0 Å². The van der Waals surface area contributed by atoms with E-state index in [0.29, 0.717) is 16.2 Å². The van der Waals surface area contributed by atoms with Crippen molar-refractivity contribution in [1.29, 1.82) is 0 Å². The third-order valence-electron chi connectivity index (χ3n) is 2.98. The first-order valence-electron chi connectivity index (χ1n) is 6.29. The zero-order valence-electron chi connectivity index (χ0n) is 12.1. The average molecular weight is 307 g/mol. The Kier molecular flexibility index (Phi) is 4.93. The van der Waals surface area contributed by atoms with Crippen LogP contribution in [0.15, 0.2) is 28.6 Å². The minimum Gasteiger partial charge on any atom is -0.504 e. The highest BCUT2D eigenvalue weighted by Crippen LogP contribution is 2.33. The number of ether oxygens (including phenoxy) is 2. The second kappa shape index (κ2) is 6.69. The molecule has 0 atom stereocenters. The summed E-state index contributed by atoms with van der Waals surface area (Å²) in [4.78, 5) is 14.3. The van der Waals surface area contributed by atoms with Crippen LogP contribution in [-0.2, 0) is 9.53 Å². The molecule has 0 spiro atoms. The summed E-state index contributed by atoms with van der Waals surface area (Å²) < 4.78 is 10.1. The number of hydrogen-bond acceptors (Lipinski definition) is 5. The Bertz CT molecular complexity index is 610. The molecule has 1 heterocycles. The van der Waals surface area contributed by atoms with E-state index in [1.807, 2.05) is 5.41 Å². The lowest BCUT2D eigenvalue weighted by atomic mass is 10.1. The molecule has 21 heavy (non-hydrogen) atoms. The molecule has 0 saturated heterocycles. The highest BCUT2D eigenvalue weighted by Gasteiger charge is 2.20.